The van der Waals surface area contributed by atoms with Crippen molar-refractivity contribution in [2.45, 2.75) is 6.42 Å². The standard InChI is InChI=1S/C10H11BrClNO2/c1-13(15-2)10(14)6-7-3-4-9(12)8(11)5-7/h3-5H,6H2,1-2H3. The summed E-state index contributed by atoms with van der Waals surface area (Å²) in [6, 6.07) is 5.39. The summed E-state index contributed by atoms with van der Waals surface area (Å²) < 4.78 is 0.787. The Morgan fingerprint density at radius 1 is 1.60 bits per heavy atom. The quantitative estimate of drug-likeness (QED) is 0.802. The van der Waals surface area contributed by atoms with Gasteiger partial charge >= 0.3 is 0 Å². The van der Waals surface area contributed by atoms with E-state index in [-0.39, 0.29) is 5.91 Å². The van der Waals surface area contributed by atoms with Gasteiger partial charge in [0, 0.05) is 11.5 Å². The molecule has 0 heterocycles. The van der Waals surface area contributed by atoms with E-state index in [1.54, 1.807) is 13.1 Å². The lowest BCUT2D eigenvalue weighted by Crippen LogP contribution is -2.26. The zero-order chi connectivity index (χ0) is 11.4. The molecule has 0 aliphatic heterocycles. The summed E-state index contributed by atoms with van der Waals surface area (Å²) in [6.07, 6.45) is 0.292. The molecular weight excluding hydrogens is 281 g/mol. The Hall–Kier alpha value is -0.580. The van der Waals surface area contributed by atoms with E-state index in [1.165, 1.54) is 12.2 Å². The van der Waals surface area contributed by atoms with Crippen molar-refractivity contribution in [1.82, 2.24) is 5.06 Å². The average Bonchev–Trinajstić information content (AvgIpc) is 2.22. The van der Waals surface area contributed by atoms with Crippen molar-refractivity contribution >= 4 is 33.4 Å². The Kier molecular flexibility index (Phi) is 4.57. The number of carbonyl (C=O) groups is 1. The molecule has 82 valence electrons. The molecule has 1 aromatic carbocycles. The van der Waals surface area contributed by atoms with E-state index < -0.39 is 0 Å². The summed E-state index contributed by atoms with van der Waals surface area (Å²) in [5.41, 5.74) is 0.889. The van der Waals surface area contributed by atoms with Gasteiger partial charge in [-0.1, -0.05) is 17.7 Å². The molecule has 0 atom stereocenters. The van der Waals surface area contributed by atoms with Crippen LogP contribution >= 0.6 is 27.5 Å². The van der Waals surface area contributed by atoms with Crippen LogP contribution in [0.25, 0.3) is 0 Å². The van der Waals surface area contributed by atoms with Crippen LogP contribution in [0.15, 0.2) is 22.7 Å². The van der Waals surface area contributed by atoms with E-state index in [0.717, 1.165) is 10.0 Å². The normalized spacial score (nSPS) is 10.1. The van der Waals surface area contributed by atoms with Gasteiger partial charge in [-0.05, 0) is 33.6 Å². The van der Waals surface area contributed by atoms with Crippen LogP contribution in [0.3, 0.4) is 0 Å². The van der Waals surface area contributed by atoms with E-state index >= 15 is 0 Å². The van der Waals surface area contributed by atoms with Gasteiger partial charge < -0.3 is 0 Å². The van der Waals surface area contributed by atoms with E-state index in [2.05, 4.69) is 15.9 Å². The highest BCUT2D eigenvalue weighted by Gasteiger charge is 2.09. The van der Waals surface area contributed by atoms with E-state index in [0.29, 0.717) is 11.4 Å². The molecule has 1 rings (SSSR count). The Balaban J connectivity index is 2.73. The molecule has 0 bridgehead atoms. The molecule has 0 aromatic heterocycles. The lowest BCUT2D eigenvalue weighted by Gasteiger charge is -2.13. The minimum atomic E-state index is -0.105. The number of halogens is 2. The zero-order valence-corrected chi connectivity index (χ0v) is 10.8. The highest BCUT2D eigenvalue weighted by Crippen LogP contribution is 2.23. The number of carbonyl (C=O) groups excluding carboxylic acids is 1. The SMILES string of the molecule is CON(C)C(=O)Cc1ccc(Cl)c(Br)c1. The van der Waals surface area contributed by atoms with Crippen LogP contribution in [0.1, 0.15) is 5.56 Å². The average molecular weight is 293 g/mol. The van der Waals surface area contributed by atoms with Crippen molar-refractivity contribution in [2.75, 3.05) is 14.2 Å². The fourth-order valence-corrected chi connectivity index (χ4v) is 1.58. The maximum absolute atomic E-state index is 11.5. The van der Waals surface area contributed by atoms with Crippen molar-refractivity contribution in [3.8, 4) is 0 Å². The summed E-state index contributed by atoms with van der Waals surface area (Å²) >= 11 is 9.14. The van der Waals surface area contributed by atoms with Crippen LogP contribution in [0.5, 0.6) is 0 Å². The second kappa shape index (κ2) is 5.49. The first-order chi connectivity index (χ1) is 7.04. The first-order valence-corrected chi connectivity index (χ1v) is 5.46. The summed E-state index contributed by atoms with van der Waals surface area (Å²) in [4.78, 5) is 16.3. The second-order valence-electron chi connectivity index (χ2n) is 3.00. The number of rotatable bonds is 3. The Morgan fingerprint density at radius 3 is 2.80 bits per heavy atom. The number of hydroxylamine groups is 2. The summed E-state index contributed by atoms with van der Waals surface area (Å²) in [7, 11) is 3.03. The third kappa shape index (κ3) is 3.48. The number of nitrogens with zero attached hydrogens (tertiary/aromatic N) is 1. The summed E-state index contributed by atoms with van der Waals surface area (Å²) in [6.45, 7) is 0. The molecule has 0 aliphatic rings. The first-order valence-electron chi connectivity index (χ1n) is 4.29. The van der Waals surface area contributed by atoms with Gasteiger partial charge in [-0.3, -0.25) is 9.63 Å². The lowest BCUT2D eigenvalue weighted by atomic mass is 10.1. The highest BCUT2D eigenvalue weighted by molar-refractivity contribution is 9.10. The van der Waals surface area contributed by atoms with Crippen LogP contribution < -0.4 is 0 Å². The predicted octanol–water partition coefficient (Wildman–Crippen LogP) is 2.66. The molecule has 1 aromatic rings. The van der Waals surface area contributed by atoms with Gasteiger partial charge in [-0.25, -0.2) is 5.06 Å². The molecule has 0 radical (unpaired) electrons. The first kappa shape index (κ1) is 12.5. The van der Waals surface area contributed by atoms with E-state index in [9.17, 15) is 4.79 Å². The molecule has 0 saturated carbocycles. The van der Waals surface area contributed by atoms with E-state index in [1.807, 2.05) is 12.1 Å². The van der Waals surface area contributed by atoms with Crippen LogP contribution in [-0.2, 0) is 16.1 Å². The number of benzene rings is 1. The maximum Gasteiger partial charge on any atom is 0.250 e. The number of likely N-dealkylation sites (N-methyl/N-ethyl adjacent to an activating group) is 1. The molecular formula is C10H11BrClNO2. The molecule has 0 saturated heterocycles. The summed E-state index contributed by atoms with van der Waals surface area (Å²) in [5.74, 6) is -0.105. The van der Waals surface area contributed by atoms with Gasteiger partial charge in [-0.15, -0.1) is 0 Å². The fourth-order valence-electron chi connectivity index (χ4n) is 1.04. The monoisotopic (exact) mass is 291 g/mol. The zero-order valence-electron chi connectivity index (χ0n) is 8.46. The third-order valence-corrected chi connectivity index (χ3v) is 3.18. The van der Waals surface area contributed by atoms with Crippen LogP contribution in [0.2, 0.25) is 5.02 Å². The van der Waals surface area contributed by atoms with Gasteiger partial charge in [0.25, 0.3) is 0 Å². The van der Waals surface area contributed by atoms with Crippen molar-refractivity contribution in [1.29, 1.82) is 0 Å². The van der Waals surface area contributed by atoms with Crippen LogP contribution in [-0.4, -0.2) is 25.1 Å². The Morgan fingerprint density at radius 2 is 2.27 bits per heavy atom. The van der Waals surface area contributed by atoms with Crippen molar-refractivity contribution < 1.29 is 9.63 Å². The smallest absolute Gasteiger partial charge is 0.250 e. The lowest BCUT2D eigenvalue weighted by molar-refractivity contribution is -0.167. The molecule has 0 unspecified atom stereocenters. The molecule has 3 nitrogen and oxygen atoms in total. The van der Waals surface area contributed by atoms with Crippen molar-refractivity contribution in [2.24, 2.45) is 0 Å². The number of amides is 1. The van der Waals surface area contributed by atoms with Crippen LogP contribution in [0.4, 0.5) is 0 Å². The number of hydrogen-bond donors (Lipinski definition) is 0. The van der Waals surface area contributed by atoms with Crippen molar-refractivity contribution in [3.63, 3.8) is 0 Å². The molecule has 5 heteroatoms. The Labute approximate surface area is 102 Å². The molecule has 0 spiro atoms. The van der Waals surface area contributed by atoms with Gasteiger partial charge in [0.2, 0.25) is 5.91 Å². The highest BCUT2D eigenvalue weighted by atomic mass is 79.9. The third-order valence-electron chi connectivity index (χ3n) is 1.96. The van der Waals surface area contributed by atoms with Gasteiger partial charge in [0.1, 0.15) is 0 Å². The molecule has 15 heavy (non-hydrogen) atoms. The largest absolute Gasteiger partial charge is 0.275 e. The summed E-state index contributed by atoms with van der Waals surface area (Å²) in [5, 5.41) is 1.83. The van der Waals surface area contributed by atoms with Gasteiger partial charge in [0.05, 0.1) is 18.6 Å². The topological polar surface area (TPSA) is 29.5 Å². The van der Waals surface area contributed by atoms with Crippen molar-refractivity contribution in [3.05, 3.63) is 33.3 Å². The van der Waals surface area contributed by atoms with Gasteiger partial charge in [-0.2, -0.15) is 0 Å². The molecule has 0 N–H and O–H groups in total. The Bertz CT molecular complexity index is 370. The minimum Gasteiger partial charge on any atom is -0.275 e. The fraction of sp³-hybridized carbons (Fsp3) is 0.300. The molecule has 1 amide bonds. The van der Waals surface area contributed by atoms with Gasteiger partial charge in [0.15, 0.2) is 0 Å². The predicted molar refractivity (Wildman–Crippen MR) is 62.6 cm³/mol. The van der Waals surface area contributed by atoms with E-state index in [4.69, 9.17) is 16.4 Å². The second-order valence-corrected chi connectivity index (χ2v) is 4.26. The maximum atomic E-state index is 11.5. The minimum absolute atomic E-state index is 0.105. The molecule has 0 aliphatic carbocycles. The number of hydrogen-bond acceptors (Lipinski definition) is 2. The van der Waals surface area contributed by atoms with Crippen LogP contribution in [0, 0.1) is 0 Å². The molecule has 0 fully saturated rings.